The van der Waals surface area contributed by atoms with E-state index in [1.54, 1.807) is 6.26 Å². The van der Waals surface area contributed by atoms with Crippen LogP contribution in [0.3, 0.4) is 0 Å². The zero-order chi connectivity index (χ0) is 14.4. The number of nitrogens with one attached hydrogen (secondary N) is 1. The number of likely N-dealkylation sites (tertiary alicyclic amines) is 1. The third-order valence-corrected chi connectivity index (χ3v) is 5.40. The molecule has 0 spiro atoms. The second-order valence-corrected chi connectivity index (χ2v) is 7.56. The smallest absolute Gasteiger partial charge is 0.0441 e. The number of nitrogens with zero attached hydrogens (tertiary/aromatic N) is 1. The van der Waals surface area contributed by atoms with E-state index in [1.807, 2.05) is 6.92 Å². The van der Waals surface area contributed by atoms with Gasteiger partial charge in [0.1, 0.15) is 0 Å². The first-order valence-electron chi connectivity index (χ1n) is 7.47. The Morgan fingerprint density at radius 3 is 2.55 bits per heavy atom. The molecule has 3 nitrogen and oxygen atoms in total. The Morgan fingerprint density at radius 1 is 1.30 bits per heavy atom. The van der Waals surface area contributed by atoms with Crippen molar-refractivity contribution in [1.82, 2.24) is 10.2 Å². The molecule has 0 amide bonds. The van der Waals surface area contributed by atoms with Gasteiger partial charge in [-0.15, -0.1) is 0 Å². The first-order chi connectivity index (χ1) is 9.65. The summed E-state index contributed by atoms with van der Waals surface area (Å²) in [6.07, 6.45) is 4.17. The molecule has 0 aliphatic carbocycles. The van der Waals surface area contributed by atoms with Gasteiger partial charge < -0.3 is 5.32 Å². The Labute approximate surface area is 125 Å². The van der Waals surface area contributed by atoms with Crippen LogP contribution in [0.1, 0.15) is 25.3 Å². The summed E-state index contributed by atoms with van der Waals surface area (Å²) in [7, 11) is -0.721. The number of rotatable bonds is 6. The van der Waals surface area contributed by atoms with Crippen LogP contribution in [0.25, 0.3) is 0 Å². The minimum Gasteiger partial charge on any atom is -0.313 e. The number of benzene rings is 1. The second kappa shape index (κ2) is 7.91. The molecule has 2 rings (SSSR count). The van der Waals surface area contributed by atoms with Gasteiger partial charge in [-0.25, -0.2) is 0 Å². The third-order valence-electron chi connectivity index (χ3n) is 4.10. The summed E-state index contributed by atoms with van der Waals surface area (Å²) in [6, 6.07) is 11.3. The first-order valence-corrected chi connectivity index (χ1v) is 9.09. The summed E-state index contributed by atoms with van der Waals surface area (Å²) in [4.78, 5) is 2.52. The van der Waals surface area contributed by atoms with Crippen LogP contribution >= 0.6 is 0 Å². The predicted molar refractivity (Wildman–Crippen MR) is 86.3 cm³/mol. The summed E-state index contributed by atoms with van der Waals surface area (Å²) < 4.78 is 11.3. The molecule has 1 N–H and O–H groups in total. The van der Waals surface area contributed by atoms with Crippen molar-refractivity contribution in [2.24, 2.45) is 0 Å². The van der Waals surface area contributed by atoms with Crippen molar-refractivity contribution in [2.75, 3.05) is 25.9 Å². The molecule has 0 radical (unpaired) electrons. The van der Waals surface area contributed by atoms with Crippen molar-refractivity contribution in [3.05, 3.63) is 35.9 Å². The van der Waals surface area contributed by atoms with Gasteiger partial charge >= 0.3 is 0 Å². The number of hydrogen-bond donors (Lipinski definition) is 1. The summed E-state index contributed by atoms with van der Waals surface area (Å²) in [5, 5.41) is 3.81. The average Bonchev–Trinajstić information content (AvgIpc) is 2.47. The van der Waals surface area contributed by atoms with Gasteiger partial charge in [-0.05, 0) is 38.4 Å². The third kappa shape index (κ3) is 5.00. The highest BCUT2D eigenvalue weighted by Gasteiger charge is 2.19. The molecular weight excluding hydrogens is 268 g/mol. The fourth-order valence-corrected chi connectivity index (χ4v) is 2.92. The number of piperidine rings is 1. The van der Waals surface area contributed by atoms with Gasteiger partial charge in [0.15, 0.2) is 0 Å². The van der Waals surface area contributed by atoms with Crippen LogP contribution in [0, 0.1) is 0 Å². The fourth-order valence-electron chi connectivity index (χ4n) is 2.59. The Hall–Kier alpha value is -0.710. The Balaban J connectivity index is 1.69. The molecule has 1 saturated heterocycles. The fraction of sp³-hybridized carbons (Fsp3) is 0.625. The van der Waals surface area contributed by atoms with E-state index in [2.05, 4.69) is 40.5 Å². The summed E-state index contributed by atoms with van der Waals surface area (Å²) in [5.74, 6) is 0. The maximum atomic E-state index is 11.3. The van der Waals surface area contributed by atoms with Crippen LogP contribution in [0.5, 0.6) is 0 Å². The largest absolute Gasteiger partial charge is 0.313 e. The van der Waals surface area contributed by atoms with E-state index in [1.165, 1.54) is 18.4 Å². The van der Waals surface area contributed by atoms with E-state index < -0.39 is 10.8 Å². The predicted octanol–water partition coefficient (Wildman–Crippen LogP) is 2.01. The van der Waals surface area contributed by atoms with Gasteiger partial charge in [0.05, 0.1) is 0 Å². The SMILES string of the molecule is CC(CNC1CCN(Cc2ccccc2)CC1)S(C)=O. The first kappa shape index (κ1) is 15.7. The van der Waals surface area contributed by atoms with Gasteiger partial charge in [-0.1, -0.05) is 30.3 Å². The maximum Gasteiger partial charge on any atom is 0.0441 e. The van der Waals surface area contributed by atoms with Crippen molar-refractivity contribution in [3.63, 3.8) is 0 Å². The van der Waals surface area contributed by atoms with E-state index in [-0.39, 0.29) is 5.25 Å². The molecule has 0 aromatic heterocycles. The van der Waals surface area contributed by atoms with Gasteiger partial charge in [-0.3, -0.25) is 9.11 Å². The standard InChI is InChI=1S/C16H26N2OS/c1-14(20(2)19)12-17-16-8-10-18(11-9-16)13-15-6-4-3-5-7-15/h3-7,14,16-17H,8-13H2,1-2H3. The van der Waals surface area contributed by atoms with Gasteiger partial charge in [0, 0.05) is 41.4 Å². The maximum absolute atomic E-state index is 11.3. The van der Waals surface area contributed by atoms with Gasteiger partial charge in [-0.2, -0.15) is 0 Å². The molecule has 1 aliphatic heterocycles. The topological polar surface area (TPSA) is 32.3 Å². The lowest BCUT2D eigenvalue weighted by Gasteiger charge is -2.33. The summed E-state index contributed by atoms with van der Waals surface area (Å²) in [5.41, 5.74) is 1.40. The van der Waals surface area contributed by atoms with E-state index in [4.69, 9.17) is 0 Å². The number of hydrogen-bond acceptors (Lipinski definition) is 3. The van der Waals surface area contributed by atoms with Crippen molar-refractivity contribution in [2.45, 2.75) is 37.6 Å². The van der Waals surface area contributed by atoms with Crippen molar-refractivity contribution in [3.8, 4) is 0 Å². The van der Waals surface area contributed by atoms with E-state index in [0.29, 0.717) is 6.04 Å². The highest BCUT2D eigenvalue weighted by Crippen LogP contribution is 2.13. The molecule has 1 aromatic rings. The molecule has 1 fully saturated rings. The highest BCUT2D eigenvalue weighted by atomic mass is 32.2. The molecule has 1 aromatic carbocycles. The van der Waals surface area contributed by atoms with Crippen LogP contribution in [0.4, 0.5) is 0 Å². The molecule has 4 heteroatoms. The molecule has 2 unspecified atom stereocenters. The van der Waals surface area contributed by atoms with Crippen LogP contribution in [-0.2, 0) is 17.3 Å². The molecule has 20 heavy (non-hydrogen) atoms. The molecule has 0 bridgehead atoms. The zero-order valence-corrected chi connectivity index (χ0v) is 13.4. The Kier molecular flexibility index (Phi) is 6.20. The van der Waals surface area contributed by atoms with Crippen LogP contribution < -0.4 is 5.32 Å². The lowest BCUT2D eigenvalue weighted by molar-refractivity contribution is 0.191. The normalized spacial score (nSPS) is 20.7. The van der Waals surface area contributed by atoms with Crippen molar-refractivity contribution >= 4 is 10.8 Å². The van der Waals surface area contributed by atoms with Gasteiger partial charge in [0.2, 0.25) is 0 Å². The van der Waals surface area contributed by atoms with E-state index >= 15 is 0 Å². The Morgan fingerprint density at radius 2 is 1.95 bits per heavy atom. The molecule has 1 aliphatic rings. The minimum absolute atomic E-state index is 0.248. The highest BCUT2D eigenvalue weighted by molar-refractivity contribution is 7.84. The lowest BCUT2D eigenvalue weighted by atomic mass is 10.0. The minimum atomic E-state index is -0.721. The molecular formula is C16H26N2OS. The van der Waals surface area contributed by atoms with Crippen LogP contribution in [0.15, 0.2) is 30.3 Å². The van der Waals surface area contributed by atoms with Crippen molar-refractivity contribution < 1.29 is 4.21 Å². The zero-order valence-electron chi connectivity index (χ0n) is 12.5. The quantitative estimate of drug-likeness (QED) is 0.871. The van der Waals surface area contributed by atoms with E-state index in [9.17, 15) is 4.21 Å². The molecule has 112 valence electrons. The summed E-state index contributed by atoms with van der Waals surface area (Å²) in [6.45, 7) is 6.27. The van der Waals surface area contributed by atoms with Crippen LogP contribution in [-0.4, -0.2) is 46.3 Å². The lowest BCUT2D eigenvalue weighted by Crippen LogP contribution is -2.44. The molecule has 2 atom stereocenters. The summed E-state index contributed by atoms with van der Waals surface area (Å²) >= 11 is 0. The molecule has 0 saturated carbocycles. The molecule has 1 heterocycles. The van der Waals surface area contributed by atoms with Gasteiger partial charge in [0.25, 0.3) is 0 Å². The van der Waals surface area contributed by atoms with E-state index in [0.717, 1.165) is 26.2 Å². The average molecular weight is 294 g/mol. The monoisotopic (exact) mass is 294 g/mol. The van der Waals surface area contributed by atoms with Crippen LogP contribution in [0.2, 0.25) is 0 Å². The Bertz CT molecular complexity index is 416. The second-order valence-electron chi connectivity index (χ2n) is 5.75. The van der Waals surface area contributed by atoms with Crippen molar-refractivity contribution in [1.29, 1.82) is 0 Å².